The summed E-state index contributed by atoms with van der Waals surface area (Å²) in [5, 5.41) is 0. The number of rotatable bonds is 7. The highest BCUT2D eigenvalue weighted by atomic mass is 16.5. The number of benzene rings is 9. The smallest absolute Gasteiger partial charge is 0.260 e. The molecule has 0 radical (unpaired) electrons. The van der Waals surface area contributed by atoms with Crippen molar-refractivity contribution in [2.75, 3.05) is 4.90 Å². The van der Waals surface area contributed by atoms with Gasteiger partial charge in [0.05, 0.1) is 11.4 Å². The van der Waals surface area contributed by atoms with Gasteiger partial charge in [-0.2, -0.15) is 0 Å². The average Bonchev–Trinajstić information content (AvgIpc) is 3.30. The van der Waals surface area contributed by atoms with E-state index in [1.54, 1.807) is 0 Å². The van der Waals surface area contributed by atoms with Crippen molar-refractivity contribution < 1.29 is 9.47 Å². The summed E-state index contributed by atoms with van der Waals surface area (Å²) in [6.45, 7) is -0.0728. The number of ether oxygens (including phenoxy) is 2. The van der Waals surface area contributed by atoms with Crippen LogP contribution in [0.2, 0.25) is 0 Å². The molecule has 0 spiro atoms. The number of para-hydroxylation sites is 1. The lowest BCUT2D eigenvalue weighted by Crippen LogP contribution is -2.57. The van der Waals surface area contributed by atoms with Gasteiger partial charge in [-0.3, -0.25) is 0 Å². The zero-order valence-corrected chi connectivity index (χ0v) is 31.6. The Morgan fingerprint density at radius 2 is 0.724 bits per heavy atom. The Kier molecular flexibility index (Phi) is 8.26. The van der Waals surface area contributed by atoms with E-state index in [2.05, 4.69) is 223 Å². The molecule has 0 amide bonds. The number of hydrogen-bond donors (Lipinski definition) is 0. The SMILES string of the molecule is c1ccc(-c2ccc(N(c3cc4c5c(c3)Oc3cc(-c6ccccc6)ccc3B5c3ccc(-c5ccccc5)cc3O4)c3ccccc3-c3ccccc3)cc2)cc1. The van der Waals surface area contributed by atoms with Crippen LogP contribution in [0.25, 0.3) is 44.5 Å². The molecule has 2 aliphatic heterocycles. The second-order valence-corrected chi connectivity index (χ2v) is 14.9. The van der Waals surface area contributed by atoms with Gasteiger partial charge >= 0.3 is 0 Å². The van der Waals surface area contributed by atoms with Gasteiger partial charge in [0.1, 0.15) is 23.0 Å². The fourth-order valence-corrected chi connectivity index (χ4v) is 8.62. The van der Waals surface area contributed by atoms with Gasteiger partial charge in [0.15, 0.2) is 0 Å². The Morgan fingerprint density at radius 3 is 1.24 bits per heavy atom. The third-order valence-electron chi connectivity index (χ3n) is 11.4. The lowest BCUT2D eigenvalue weighted by Gasteiger charge is -2.35. The van der Waals surface area contributed by atoms with Gasteiger partial charge in [-0.05, 0) is 80.2 Å². The molecular weight excluding hydrogens is 705 g/mol. The van der Waals surface area contributed by atoms with E-state index in [1.807, 2.05) is 0 Å². The highest BCUT2D eigenvalue weighted by molar-refractivity contribution is 6.98. The van der Waals surface area contributed by atoms with Gasteiger partial charge in [0.2, 0.25) is 0 Å². The van der Waals surface area contributed by atoms with Crippen LogP contribution >= 0.6 is 0 Å². The van der Waals surface area contributed by atoms with E-state index in [0.717, 1.165) is 95.4 Å². The molecule has 272 valence electrons. The number of hydrogen-bond acceptors (Lipinski definition) is 3. The normalized spacial score (nSPS) is 12.0. The fraction of sp³-hybridized carbons (Fsp3) is 0. The van der Waals surface area contributed by atoms with Gasteiger partial charge in [-0.15, -0.1) is 0 Å². The Hall–Kier alpha value is -7.56. The molecule has 0 unspecified atom stereocenters. The molecule has 11 rings (SSSR count). The maximum Gasteiger partial charge on any atom is 0.260 e. The highest BCUT2D eigenvalue weighted by Gasteiger charge is 2.41. The molecule has 0 atom stereocenters. The topological polar surface area (TPSA) is 21.7 Å². The molecule has 0 saturated carbocycles. The standard InChI is InChI=1S/C54H36BNO2/c1-5-15-37(16-6-1)40-25-29-44(30-26-40)56(49-24-14-13-23-46(49)41-21-11-4-12-22-41)45-35-52-54-53(36-45)58-51-34-43(39-19-9-3-10-20-39)28-32-48(51)55(54)47-31-27-42(33-50(47)57-52)38-17-7-2-8-18-38/h1-36H. The van der Waals surface area contributed by atoms with E-state index in [0.29, 0.717) is 0 Å². The fourth-order valence-electron chi connectivity index (χ4n) is 8.62. The van der Waals surface area contributed by atoms with Crippen LogP contribution in [0.3, 0.4) is 0 Å². The minimum absolute atomic E-state index is 0.0728. The van der Waals surface area contributed by atoms with E-state index in [9.17, 15) is 0 Å². The Balaban J connectivity index is 1.12. The second-order valence-electron chi connectivity index (χ2n) is 14.9. The molecular formula is C54H36BNO2. The van der Waals surface area contributed by atoms with Crippen molar-refractivity contribution in [3.8, 4) is 67.5 Å². The molecule has 2 aliphatic rings. The molecule has 0 N–H and O–H groups in total. The molecule has 0 saturated heterocycles. The quantitative estimate of drug-likeness (QED) is 0.152. The summed E-state index contributed by atoms with van der Waals surface area (Å²) < 4.78 is 14.1. The lowest BCUT2D eigenvalue weighted by atomic mass is 9.34. The van der Waals surface area contributed by atoms with Crippen LogP contribution < -0.4 is 30.8 Å². The van der Waals surface area contributed by atoms with Gasteiger partial charge < -0.3 is 14.4 Å². The van der Waals surface area contributed by atoms with Gasteiger partial charge in [0, 0.05) is 28.8 Å². The van der Waals surface area contributed by atoms with Crippen LogP contribution in [0, 0.1) is 0 Å². The summed E-state index contributed by atoms with van der Waals surface area (Å²) in [7, 11) is 0. The maximum atomic E-state index is 7.04. The summed E-state index contributed by atoms with van der Waals surface area (Å²) in [5.41, 5.74) is 15.4. The predicted octanol–water partition coefficient (Wildman–Crippen LogP) is 12.6. The Labute approximate surface area is 339 Å². The van der Waals surface area contributed by atoms with Crippen molar-refractivity contribution >= 4 is 40.2 Å². The van der Waals surface area contributed by atoms with E-state index in [1.165, 1.54) is 5.56 Å². The zero-order chi connectivity index (χ0) is 38.4. The van der Waals surface area contributed by atoms with Crippen molar-refractivity contribution in [1.82, 2.24) is 0 Å². The van der Waals surface area contributed by atoms with Crippen LogP contribution in [-0.2, 0) is 0 Å². The van der Waals surface area contributed by atoms with Crippen LogP contribution in [0.4, 0.5) is 17.1 Å². The van der Waals surface area contributed by atoms with Crippen LogP contribution in [0.5, 0.6) is 23.0 Å². The van der Waals surface area contributed by atoms with Gasteiger partial charge in [0.25, 0.3) is 6.71 Å². The minimum atomic E-state index is -0.0728. The van der Waals surface area contributed by atoms with Crippen molar-refractivity contribution in [3.05, 3.63) is 218 Å². The first-order chi connectivity index (χ1) is 28.7. The predicted molar refractivity (Wildman–Crippen MR) is 241 cm³/mol. The maximum absolute atomic E-state index is 7.04. The largest absolute Gasteiger partial charge is 0.458 e. The summed E-state index contributed by atoms with van der Waals surface area (Å²) in [4.78, 5) is 2.33. The van der Waals surface area contributed by atoms with Crippen LogP contribution in [0.1, 0.15) is 0 Å². The van der Waals surface area contributed by atoms with Crippen LogP contribution in [0.15, 0.2) is 218 Å². The molecule has 0 aliphatic carbocycles. The average molecular weight is 742 g/mol. The minimum Gasteiger partial charge on any atom is -0.458 e. The van der Waals surface area contributed by atoms with Gasteiger partial charge in [-0.25, -0.2) is 0 Å². The first-order valence-electron chi connectivity index (χ1n) is 19.8. The van der Waals surface area contributed by atoms with Crippen molar-refractivity contribution in [1.29, 1.82) is 0 Å². The molecule has 9 aromatic carbocycles. The Morgan fingerprint density at radius 1 is 0.310 bits per heavy atom. The van der Waals surface area contributed by atoms with E-state index >= 15 is 0 Å². The van der Waals surface area contributed by atoms with E-state index < -0.39 is 0 Å². The second kappa shape index (κ2) is 14.2. The molecule has 58 heavy (non-hydrogen) atoms. The number of nitrogens with zero attached hydrogens (tertiary/aromatic N) is 1. The summed E-state index contributed by atoms with van der Waals surface area (Å²) in [6.07, 6.45) is 0. The van der Waals surface area contributed by atoms with Crippen molar-refractivity contribution in [2.24, 2.45) is 0 Å². The first-order valence-corrected chi connectivity index (χ1v) is 19.8. The lowest BCUT2D eigenvalue weighted by molar-refractivity contribution is 0.465. The van der Waals surface area contributed by atoms with Crippen molar-refractivity contribution in [3.63, 3.8) is 0 Å². The van der Waals surface area contributed by atoms with E-state index in [4.69, 9.17) is 9.47 Å². The molecule has 4 heteroatoms. The van der Waals surface area contributed by atoms with Crippen molar-refractivity contribution in [2.45, 2.75) is 0 Å². The van der Waals surface area contributed by atoms with Crippen LogP contribution in [-0.4, -0.2) is 6.71 Å². The van der Waals surface area contributed by atoms with E-state index in [-0.39, 0.29) is 6.71 Å². The third-order valence-corrected chi connectivity index (χ3v) is 11.4. The molecule has 3 nitrogen and oxygen atoms in total. The highest BCUT2D eigenvalue weighted by Crippen LogP contribution is 2.46. The Bertz CT molecular complexity index is 2820. The monoisotopic (exact) mass is 741 g/mol. The summed E-state index contributed by atoms with van der Waals surface area (Å²) in [5.74, 6) is 3.28. The molecule has 9 aromatic rings. The molecule has 0 aromatic heterocycles. The molecule has 2 heterocycles. The number of fused-ring (bicyclic) bond motifs is 4. The zero-order valence-electron chi connectivity index (χ0n) is 31.6. The summed E-state index contributed by atoms with van der Waals surface area (Å²) in [6, 6.07) is 77.3. The third kappa shape index (κ3) is 5.94. The molecule has 0 bridgehead atoms. The summed E-state index contributed by atoms with van der Waals surface area (Å²) >= 11 is 0. The van der Waals surface area contributed by atoms with Gasteiger partial charge in [-0.1, -0.05) is 176 Å². The molecule has 0 fully saturated rings. The number of anilines is 3. The first kappa shape index (κ1) is 33.8.